The van der Waals surface area contributed by atoms with Crippen molar-refractivity contribution in [1.82, 2.24) is 4.90 Å². The summed E-state index contributed by atoms with van der Waals surface area (Å²) >= 11 is 0. The summed E-state index contributed by atoms with van der Waals surface area (Å²) in [7, 11) is 0. The summed E-state index contributed by atoms with van der Waals surface area (Å²) in [6, 6.07) is 3.87. The highest BCUT2D eigenvalue weighted by Gasteiger charge is 2.73. The van der Waals surface area contributed by atoms with Gasteiger partial charge in [-0.1, -0.05) is 19.9 Å². The number of Topliss-reactive ketones (excluding diaryl/α,β-unsaturated/α-hetero) is 1. The SMILES string of the molecule is CCC(CC)C(=O)Oc1ccc2c3c1O[C@H]1C(=O)CC[C@@]4(O)[C@@H](C2)N(CC2CC2)CC[C@]314. The second kappa shape index (κ2) is 7.04. The third-order valence-corrected chi connectivity index (χ3v) is 9.07. The number of ether oxygens (including phenoxy) is 2. The summed E-state index contributed by atoms with van der Waals surface area (Å²) < 4.78 is 12.2. The lowest BCUT2D eigenvalue weighted by Crippen LogP contribution is -2.76. The van der Waals surface area contributed by atoms with E-state index < -0.39 is 17.1 Å². The lowest BCUT2D eigenvalue weighted by atomic mass is 9.49. The van der Waals surface area contributed by atoms with Gasteiger partial charge >= 0.3 is 5.97 Å². The molecule has 1 aromatic rings. The van der Waals surface area contributed by atoms with E-state index in [9.17, 15) is 14.7 Å². The largest absolute Gasteiger partial charge is 0.477 e. The highest BCUT2D eigenvalue weighted by atomic mass is 16.6. The molecular formula is C26H33NO5. The van der Waals surface area contributed by atoms with Crippen molar-refractivity contribution in [3.63, 3.8) is 0 Å². The first-order valence-electron chi connectivity index (χ1n) is 12.5. The van der Waals surface area contributed by atoms with E-state index in [1.807, 2.05) is 26.0 Å². The van der Waals surface area contributed by atoms with Crippen LogP contribution < -0.4 is 9.47 Å². The number of aliphatic hydroxyl groups is 1. The third-order valence-electron chi connectivity index (χ3n) is 9.07. The highest BCUT2D eigenvalue weighted by molar-refractivity contribution is 5.90. The summed E-state index contributed by atoms with van der Waals surface area (Å²) in [4.78, 5) is 28.3. The molecule has 1 N–H and O–H groups in total. The van der Waals surface area contributed by atoms with Crippen LogP contribution in [-0.4, -0.2) is 52.6 Å². The topological polar surface area (TPSA) is 76.1 Å². The number of likely N-dealkylation sites (tertiary alicyclic amines) is 1. The Hall–Kier alpha value is -1.92. The molecule has 2 aliphatic heterocycles. The van der Waals surface area contributed by atoms with Gasteiger partial charge in [-0.25, -0.2) is 0 Å². The number of nitrogens with zero attached hydrogens (tertiary/aromatic N) is 1. The fraction of sp³-hybridized carbons (Fsp3) is 0.692. The molecule has 6 nitrogen and oxygen atoms in total. The maximum Gasteiger partial charge on any atom is 0.314 e. The minimum atomic E-state index is -0.991. The molecule has 4 atom stereocenters. The van der Waals surface area contributed by atoms with Crippen LogP contribution in [0.5, 0.6) is 11.5 Å². The number of piperidine rings is 1. The van der Waals surface area contributed by atoms with E-state index in [1.165, 1.54) is 12.8 Å². The van der Waals surface area contributed by atoms with Crippen molar-refractivity contribution in [1.29, 1.82) is 0 Å². The molecule has 2 bridgehead atoms. The van der Waals surface area contributed by atoms with E-state index in [0.717, 1.165) is 49.4 Å². The van der Waals surface area contributed by atoms with Gasteiger partial charge in [0.1, 0.15) is 0 Å². The van der Waals surface area contributed by atoms with Crippen LogP contribution >= 0.6 is 0 Å². The molecule has 1 saturated heterocycles. The van der Waals surface area contributed by atoms with Crippen LogP contribution in [0.25, 0.3) is 0 Å². The Morgan fingerprint density at radius 2 is 2.06 bits per heavy atom. The molecule has 2 saturated carbocycles. The van der Waals surface area contributed by atoms with Crippen LogP contribution in [0, 0.1) is 11.8 Å². The summed E-state index contributed by atoms with van der Waals surface area (Å²) in [6.07, 6.45) is 5.59. The van der Waals surface area contributed by atoms with Crippen molar-refractivity contribution >= 4 is 11.8 Å². The molecule has 1 spiro atoms. The monoisotopic (exact) mass is 439 g/mol. The summed E-state index contributed by atoms with van der Waals surface area (Å²) in [5, 5.41) is 12.3. The fourth-order valence-corrected chi connectivity index (χ4v) is 7.15. The average Bonchev–Trinajstić information content (AvgIpc) is 3.51. The van der Waals surface area contributed by atoms with E-state index in [4.69, 9.17) is 9.47 Å². The Morgan fingerprint density at radius 3 is 2.78 bits per heavy atom. The van der Waals surface area contributed by atoms with Crippen LogP contribution in [0.15, 0.2) is 12.1 Å². The third kappa shape index (κ3) is 2.59. The first-order chi connectivity index (χ1) is 15.4. The zero-order valence-corrected chi connectivity index (χ0v) is 19.1. The van der Waals surface area contributed by atoms with Crippen LogP contribution in [-0.2, 0) is 21.4 Å². The Balaban J connectivity index is 1.45. The number of carbonyl (C=O) groups is 2. The van der Waals surface area contributed by atoms with Crippen LogP contribution in [0.4, 0.5) is 0 Å². The zero-order chi connectivity index (χ0) is 22.3. The van der Waals surface area contributed by atoms with Gasteiger partial charge in [-0.05, 0) is 69.0 Å². The van der Waals surface area contributed by atoms with E-state index in [0.29, 0.717) is 30.8 Å². The van der Waals surface area contributed by atoms with Gasteiger partial charge in [-0.2, -0.15) is 0 Å². The number of hydrogen-bond donors (Lipinski definition) is 1. The number of esters is 1. The average molecular weight is 440 g/mol. The first kappa shape index (κ1) is 20.7. The van der Waals surface area contributed by atoms with Crippen molar-refractivity contribution in [3.05, 3.63) is 23.3 Å². The van der Waals surface area contributed by atoms with Crippen molar-refractivity contribution in [2.24, 2.45) is 11.8 Å². The van der Waals surface area contributed by atoms with Crippen LogP contribution in [0.1, 0.15) is 69.9 Å². The molecule has 0 radical (unpaired) electrons. The maximum absolute atomic E-state index is 13.1. The standard InChI is InChI=1S/C26H33NO5/c1-3-16(4-2)24(29)31-19-8-7-17-13-20-26(30)10-9-18(28)23-25(26,21(17)22(19)32-23)11-12-27(20)14-15-5-6-15/h7-8,15-16,20,23,30H,3-6,9-14H2,1-2H3/t20-,23+,25+,26-/m1/s1. The second-order valence-corrected chi connectivity index (χ2v) is 10.6. The molecule has 6 heteroatoms. The normalized spacial score (nSPS) is 34.9. The summed E-state index contributed by atoms with van der Waals surface area (Å²) in [6.45, 7) is 5.88. The van der Waals surface area contributed by atoms with Crippen LogP contribution in [0.3, 0.4) is 0 Å². The molecule has 0 unspecified atom stereocenters. The molecule has 2 heterocycles. The molecule has 5 aliphatic rings. The van der Waals surface area contributed by atoms with E-state index >= 15 is 0 Å². The quantitative estimate of drug-likeness (QED) is 0.542. The van der Waals surface area contributed by atoms with Crippen molar-refractivity contribution in [2.75, 3.05) is 13.1 Å². The number of hydrogen-bond acceptors (Lipinski definition) is 6. The summed E-state index contributed by atoms with van der Waals surface area (Å²) in [5.74, 6) is 1.32. The molecular weight excluding hydrogens is 406 g/mol. The minimum Gasteiger partial charge on any atom is -0.477 e. The van der Waals surface area contributed by atoms with E-state index in [-0.39, 0.29) is 23.7 Å². The minimum absolute atomic E-state index is 0.00691. The smallest absolute Gasteiger partial charge is 0.314 e. The number of rotatable bonds is 6. The fourth-order valence-electron chi connectivity index (χ4n) is 7.15. The molecule has 32 heavy (non-hydrogen) atoms. The Morgan fingerprint density at radius 1 is 1.28 bits per heavy atom. The zero-order valence-electron chi connectivity index (χ0n) is 19.1. The Labute approximate surface area is 189 Å². The molecule has 1 aromatic carbocycles. The second-order valence-electron chi connectivity index (χ2n) is 10.6. The van der Waals surface area contributed by atoms with Gasteiger partial charge in [-0.3, -0.25) is 14.5 Å². The lowest BCUT2D eigenvalue weighted by Gasteiger charge is -2.62. The van der Waals surface area contributed by atoms with Crippen molar-refractivity contribution in [2.45, 2.75) is 88.4 Å². The van der Waals surface area contributed by atoms with E-state index in [2.05, 4.69) is 4.90 Å². The predicted molar refractivity (Wildman–Crippen MR) is 118 cm³/mol. The molecule has 0 aromatic heterocycles. The molecule has 172 valence electrons. The van der Waals surface area contributed by atoms with Gasteiger partial charge in [0.25, 0.3) is 0 Å². The molecule has 0 amide bonds. The van der Waals surface area contributed by atoms with Gasteiger partial charge in [0, 0.05) is 24.6 Å². The molecule has 3 fully saturated rings. The Kier molecular flexibility index (Phi) is 4.55. The molecule has 3 aliphatic carbocycles. The van der Waals surface area contributed by atoms with Gasteiger partial charge < -0.3 is 14.6 Å². The highest BCUT2D eigenvalue weighted by Crippen LogP contribution is 2.65. The molecule has 6 rings (SSSR count). The maximum atomic E-state index is 13.1. The number of ketones is 1. The van der Waals surface area contributed by atoms with Gasteiger partial charge in [0.15, 0.2) is 23.4 Å². The Bertz CT molecular complexity index is 983. The number of carbonyl (C=O) groups excluding carboxylic acids is 2. The van der Waals surface area contributed by atoms with Gasteiger partial charge in [0.2, 0.25) is 0 Å². The predicted octanol–water partition coefficient (Wildman–Crippen LogP) is 3.16. The van der Waals surface area contributed by atoms with Crippen molar-refractivity contribution < 1.29 is 24.2 Å². The van der Waals surface area contributed by atoms with Crippen LogP contribution in [0.2, 0.25) is 0 Å². The van der Waals surface area contributed by atoms with Crippen molar-refractivity contribution in [3.8, 4) is 11.5 Å². The van der Waals surface area contributed by atoms with Gasteiger partial charge in [-0.15, -0.1) is 0 Å². The van der Waals surface area contributed by atoms with E-state index in [1.54, 1.807) is 0 Å². The first-order valence-corrected chi connectivity index (χ1v) is 12.5. The summed E-state index contributed by atoms with van der Waals surface area (Å²) in [5.41, 5.74) is 0.354. The number of benzene rings is 1. The lowest BCUT2D eigenvalue weighted by molar-refractivity contribution is -0.188. The van der Waals surface area contributed by atoms with Gasteiger partial charge in [0.05, 0.1) is 16.9 Å².